The van der Waals surface area contributed by atoms with Gasteiger partial charge in [-0.05, 0) is 19.8 Å². The van der Waals surface area contributed by atoms with Crippen LogP contribution in [0.3, 0.4) is 0 Å². The van der Waals surface area contributed by atoms with Gasteiger partial charge in [0.25, 0.3) is 10.0 Å². The highest BCUT2D eigenvalue weighted by atomic mass is 32.2. The van der Waals surface area contributed by atoms with E-state index in [1.165, 1.54) is 36.8 Å². The fourth-order valence-corrected chi connectivity index (χ4v) is 5.51. The summed E-state index contributed by atoms with van der Waals surface area (Å²) in [5.74, 6) is 0. The second kappa shape index (κ2) is 6.29. The first-order valence-electron chi connectivity index (χ1n) is 8.23. The van der Waals surface area contributed by atoms with Gasteiger partial charge in [0.1, 0.15) is 0 Å². The van der Waals surface area contributed by atoms with E-state index in [2.05, 4.69) is 10.00 Å². The Bertz CT molecular complexity index is 592. The molecule has 2 aliphatic rings. The van der Waals surface area contributed by atoms with E-state index >= 15 is 0 Å². The van der Waals surface area contributed by atoms with Gasteiger partial charge in [-0.25, -0.2) is 8.42 Å². The molecule has 0 unspecified atom stereocenters. The molecular weight excluding hydrogens is 300 g/mol. The molecule has 22 heavy (non-hydrogen) atoms. The normalized spacial score (nSPS) is 23.0. The molecule has 0 spiro atoms. The maximum Gasteiger partial charge on any atom is 0.260 e. The Kier molecular flexibility index (Phi) is 4.56. The van der Waals surface area contributed by atoms with E-state index in [1.54, 1.807) is 24.5 Å². The van der Waals surface area contributed by atoms with Gasteiger partial charge >= 0.3 is 0 Å². The summed E-state index contributed by atoms with van der Waals surface area (Å²) in [6.45, 7) is 4.67. The lowest BCUT2D eigenvalue weighted by atomic mass is 9.94. The molecule has 0 atom stereocenters. The number of piperazine rings is 1. The van der Waals surface area contributed by atoms with Crippen LogP contribution in [0.1, 0.15) is 37.7 Å². The quantitative estimate of drug-likeness (QED) is 0.842. The molecule has 124 valence electrons. The smallest absolute Gasteiger partial charge is 0.260 e. The molecule has 2 heterocycles. The minimum atomic E-state index is -3.43. The summed E-state index contributed by atoms with van der Waals surface area (Å²) in [4.78, 5) is 2.49. The maximum absolute atomic E-state index is 12.8. The highest BCUT2D eigenvalue weighted by molar-refractivity contribution is 7.89. The van der Waals surface area contributed by atoms with E-state index < -0.39 is 10.0 Å². The number of nitrogens with zero attached hydrogens (tertiary/aromatic N) is 4. The minimum absolute atomic E-state index is 0.332. The molecule has 1 aromatic heterocycles. The summed E-state index contributed by atoms with van der Waals surface area (Å²) >= 11 is 0. The van der Waals surface area contributed by atoms with Gasteiger partial charge in [-0.15, -0.1) is 0 Å². The maximum atomic E-state index is 12.8. The molecule has 6 nitrogen and oxygen atoms in total. The van der Waals surface area contributed by atoms with Crippen LogP contribution < -0.4 is 0 Å². The Labute approximate surface area is 133 Å². The molecule has 0 amide bonds. The van der Waals surface area contributed by atoms with Crippen LogP contribution in [-0.2, 0) is 17.1 Å². The third kappa shape index (κ3) is 2.94. The van der Waals surface area contributed by atoms with Crippen molar-refractivity contribution in [1.29, 1.82) is 0 Å². The van der Waals surface area contributed by atoms with E-state index in [0.29, 0.717) is 24.2 Å². The monoisotopic (exact) mass is 326 g/mol. The average molecular weight is 326 g/mol. The number of aromatic nitrogens is 2. The second-order valence-corrected chi connectivity index (χ2v) is 8.34. The Morgan fingerprint density at radius 3 is 2.27 bits per heavy atom. The van der Waals surface area contributed by atoms with Gasteiger partial charge < -0.3 is 0 Å². The van der Waals surface area contributed by atoms with Crippen LogP contribution >= 0.6 is 0 Å². The van der Waals surface area contributed by atoms with Gasteiger partial charge in [-0.3, -0.25) is 9.58 Å². The van der Waals surface area contributed by atoms with Crippen LogP contribution in [-0.4, -0.2) is 59.6 Å². The van der Waals surface area contributed by atoms with E-state index in [4.69, 9.17) is 0 Å². The van der Waals surface area contributed by atoms with Crippen molar-refractivity contribution in [2.75, 3.05) is 26.2 Å². The van der Waals surface area contributed by atoms with Crippen molar-refractivity contribution in [2.24, 2.45) is 7.05 Å². The van der Waals surface area contributed by atoms with Gasteiger partial charge in [-0.2, -0.15) is 9.40 Å². The third-order valence-corrected chi connectivity index (χ3v) is 7.12. The van der Waals surface area contributed by atoms with E-state index in [9.17, 15) is 8.42 Å². The Morgan fingerprint density at radius 1 is 1.09 bits per heavy atom. The van der Waals surface area contributed by atoms with Gasteiger partial charge in [0, 0.05) is 44.8 Å². The van der Waals surface area contributed by atoms with Gasteiger partial charge in [0.2, 0.25) is 0 Å². The summed E-state index contributed by atoms with van der Waals surface area (Å²) < 4.78 is 28.7. The zero-order valence-corrected chi connectivity index (χ0v) is 14.3. The largest absolute Gasteiger partial charge is 0.298 e. The SMILES string of the molecule is Cc1cnn(C)c1S(=O)(=O)N1CCN(C2CCCCC2)CC1. The lowest BCUT2D eigenvalue weighted by molar-refractivity contribution is 0.111. The summed E-state index contributed by atoms with van der Waals surface area (Å²) in [6.07, 6.45) is 8.14. The lowest BCUT2D eigenvalue weighted by Crippen LogP contribution is -2.52. The number of rotatable bonds is 3. The van der Waals surface area contributed by atoms with Crippen molar-refractivity contribution >= 4 is 10.0 Å². The molecule has 1 saturated heterocycles. The Hall–Kier alpha value is -0.920. The highest BCUT2D eigenvalue weighted by Gasteiger charge is 2.33. The zero-order chi connectivity index (χ0) is 15.7. The highest BCUT2D eigenvalue weighted by Crippen LogP contribution is 2.25. The number of hydrogen-bond donors (Lipinski definition) is 0. The minimum Gasteiger partial charge on any atom is -0.298 e. The van der Waals surface area contributed by atoms with Gasteiger partial charge in [0.05, 0.1) is 6.20 Å². The van der Waals surface area contributed by atoms with Crippen molar-refractivity contribution in [3.63, 3.8) is 0 Å². The fourth-order valence-electron chi connectivity index (χ4n) is 3.78. The second-order valence-electron chi connectivity index (χ2n) is 6.49. The first kappa shape index (κ1) is 16.0. The predicted molar refractivity (Wildman–Crippen MR) is 85.1 cm³/mol. The van der Waals surface area contributed by atoms with Crippen molar-refractivity contribution in [1.82, 2.24) is 19.0 Å². The molecule has 1 saturated carbocycles. The summed E-state index contributed by atoms with van der Waals surface area (Å²) in [6, 6.07) is 0.664. The lowest BCUT2D eigenvalue weighted by Gasteiger charge is -2.40. The van der Waals surface area contributed by atoms with Gasteiger partial charge in [0.15, 0.2) is 5.03 Å². The Morgan fingerprint density at radius 2 is 1.73 bits per heavy atom. The molecule has 2 fully saturated rings. The Balaban J connectivity index is 1.68. The molecule has 7 heteroatoms. The van der Waals surface area contributed by atoms with Crippen molar-refractivity contribution in [2.45, 2.75) is 50.1 Å². The van der Waals surface area contributed by atoms with Crippen molar-refractivity contribution in [3.05, 3.63) is 11.8 Å². The third-order valence-electron chi connectivity index (χ3n) is 5.00. The van der Waals surface area contributed by atoms with Crippen LogP contribution in [0.4, 0.5) is 0 Å². The molecule has 1 aliphatic carbocycles. The number of sulfonamides is 1. The molecule has 0 radical (unpaired) electrons. The number of aryl methyl sites for hydroxylation is 2. The van der Waals surface area contributed by atoms with Crippen LogP contribution in [0.25, 0.3) is 0 Å². The van der Waals surface area contributed by atoms with Crippen LogP contribution in [0.2, 0.25) is 0 Å². The summed E-state index contributed by atoms with van der Waals surface area (Å²) in [5.41, 5.74) is 0.720. The van der Waals surface area contributed by atoms with Crippen LogP contribution in [0.15, 0.2) is 11.2 Å². The number of hydrogen-bond acceptors (Lipinski definition) is 4. The van der Waals surface area contributed by atoms with Crippen molar-refractivity contribution in [3.8, 4) is 0 Å². The average Bonchev–Trinajstić information content (AvgIpc) is 2.88. The standard InChI is InChI=1S/C15H26N4O2S/c1-13-12-16-17(2)15(13)22(20,21)19-10-8-18(9-11-19)14-6-4-3-5-7-14/h12,14H,3-11H2,1-2H3. The van der Waals surface area contributed by atoms with E-state index in [-0.39, 0.29) is 0 Å². The van der Waals surface area contributed by atoms with Crippen LogP contribution in [0, 0.1) is 6.92 Å². The predicted octanol–water partition coefficient (Wildman–Crippen LogP) is 1.37. The summed E-state index contributed by atoms with van der Waals surface area (Å²) in [5, 5.41) is 4.40. The molecule has 0 N–H and O–H groups in total. The first-order chi connectivity index (χ1) is 10.5. The van der Waals surface area contributed by atoms with Gasteiger partial charge in [-0.1, -0.05) is 19.3 Å². The molecule has 1 aliphatic heterocycles. The van der Waals surface area contributed by atoms with Crippen LogP contribution in [0.5, 0.6) is 0 Å². The van der Waals surface area contributed by atoms with E-state index in [1.807, 2.05) is 0 Å². The first-order valence-corrected chi connectivity index (χ1v) is 9.67. The fraction of sp³-hybridized carbons (Fsp3) is 0.800. The molecule has 1 aromatic rings. The topological polar surface area (TPSA) is 58.4 Å². The molecule has 3 rings (SSSR count). The molecule has 0 bridgehead atoms. The van der Waals surface area contributed by atoms with Crippen molar-refractivity contribution < 1.29 is 8.42 Å². The van der Waals surface area contributed by atoms with E-state index in [0.717, 1.165) is 18.7 Å². The summed E-state index contributed by atoms with van der Waals surface area (Å²) in [7, 11) is -1.73. The molecular formula is C15H26N4O2S. The molecule has 0 aromatic carbocycles. The zero-order valence-electron chi connectivity index (χ0n) is 13.5.